The molecule has 8 heteroatoms. The molecule has 0 saturated carbocycles. The number of aromatic nitrogens is 1. The maximum absolute atomic E-state index is 13.2. The van der Waals surface area contributed by atoms with Gasteiger partial charge in [0.2, 0.25) is 15.2 Å². The summed E-state index contributed by atoms with van der Waals surface area (Å²) in [5, 5.41) is 9.22. The summed E-state index contributed by atoms with van der Waals surface area (Å²) in [6, 6.07) is 21.4. The lowest BCUT2D eigenvalue weighted by molar-refractivity contribution is 0.424. The van der Waals surface area contributed by atoms with E-state index in [4.69, 9.17) is 0 Å². The van der Waals surface area contributed by atoms with Crippen molar-refractivity contribution in [2.24, 2.45) is 5.10 Å². The lowest BCUT2D eigenvalue weighted by Crippen LogP contribution is -2.31. The molecule has 0 spiro atoms. The molecule has 3 aromatic carbocycles. The highest BCUT2D eigenvalue weighted by molar-refractivity contribution is 7.89. The van der Waals surface area contributed by atoms with Crippen LogP contribution >= 0.6 is 11.3 Å². The summed E-state index contributed by atoms with van der Waals surface area (Å²) in [6.45, 7) is 1.18. The Kier molecular flexibility index (Phi) is 6.71. The Morgan fingerprint density at radius 2 is 1.71 bits per heavy atom. The Labute approximate surface area is 204 Å². The fraction of sp³-hybridized carbons (Fsp3) is 0.231. The van der Waals surface area contributed by atoms with Gasteiger partial charge in [0.1, 0.15) is 0 Å². The maximum atomic E-state index is 13.2. The molecule has 1 aliphatic heterocycles. The molecule has 0 amide bonds. The molecule has 5 rings (SSSR count). The predicted molar refractivity (Wildman–Crippen MR) is 140 cm³/mol. The number of hydrogen-bond donors (Lipinski definition) is 1. The van der Waals surface area contributed by atoms with Gasteiger partial charge in [-0.05, 0) is 35.7 Å². The third-order valence-corrected chi connectivity index (χ3v) is 8.67. The molecular formula is C26H26N4O2S2. The second-order valence-corrected chi connectivity index (χ2v) is 11.1. The van der Waals surface area contributed by atoms with E-state index in [1.807, 2.05) is 35.7 Å². The quantitative estimate of drug-likeness (QED) is 0.267. The second-order valence-electron chi connectivity index (χ2n) is 8.32. The summed E-state index contributed by atoms with van der Waals surface area (Å²) in [7, 11) is -3.50. The number of nitrogens with one attached hydrogen (secondary N) is 1. The average molecular weight is 491 g/mol. The molecule has 4 aromatic rings. The highest BCUT2D eigenvalue weighted by Gasteiger charge is 2.25. The van der Waals surface area contributed by atoms with Crippen molar-refractivity contribution < 1.29 is 8.42 Å². The third-order valence-electron chi connectivity index (χ3n) is 6.02. The molecule has 2 heterocycles. The van der Waals surface area contributed by atoms with E-state index in [-0.39, 0.29) is 0 Å². The first-order valence-electron chi connectivity index (χ1n) is 11.4. The van der Waals surface area contributed by atoms with Crippen molar-refractivity contribution >= 4 is 43.5 Å². The number of hydrazone groups is 1. The number of hydrogen-bond acceptors (Lipinski definition) is 6. The first-order chi connectivity index (χ1) is 16.6. The van der Waals surface area contributed by atoms with Gasteiger partial charge in [-0.2, -0.15) is 9.41 Å². The molecule has 0 radical (unpaired) electrons. The number of fused-ring (bicyclic) bond motifs is 1. The van der Waals surface area contributed by atoms with Gasteiger partial charge in [-0.15, -0.1) is 11.3 Å². The van der Waals surface area contributed by atoms with Gasteiger partial charge in [0.05, 0.1) is 16.8 Å². The molecule has 174 valence electrons. The second kappa shape index (κ2) is 10.0. The molecule has 1 fully saturated rings. The van der Waals surface area contributed by atoms with Crippen LogP contribution in [0.2, 0.25) is 0 Å². The minimum atomic E-state index is -3.50. The van der Waals surface area contributed by atoms with Crippen LogP contribution in [-0.4, -0.2) is 37.0 Å². The normalized spacial score (nSPS) is 15.5. The number of nitrogens with zero attached hydrogens (tertiary/aromatic N) is 3. The van der Waals surface area contributed by atoms with E-state index in [1.54, 1.807) is 28.7 Å². The smallest absolute Gasteiger partial charge is 0.243 e. The number of anilines is 1. The molecular weight excluding hydrogens is 464 g/mol. The summed E-state index contributed by atoms with van der Waals surface area (Å²) >= 11 is 1.43. The zero-order chi connectivity index (χ0) is 23.4. The average Bonchev–Trinajstić information content (AvgIpc) is 3.16. The van der Waals surface area contributed by atoms with Gasteiger partial charge >= 0.3 is 0 Å². The Morgan fingerprint density at radius 1 is 0.941 bits per heavy atom. The highest BCUT2D eigenvalue weighted by atomic mass is 32.2. The molecule has 0 unspecified atom stereocenters. The lowest BCUT2D eigenvalue weighted by Gasteiger charge is -2.20. The monoisotopic (exact) mass is 490 g/mol. The first kappa shape index (κ1) is 22.7. The molecule has 34 heavy (non-hydrogen) atoms. The van der Waals surface area contributed by atoms with Crippen LogP contribution in [0.5, 0.6) is 0 Å². The topological polar surface area (TPSA) is 74.7 Å². The van der Waals surface area contributed by atoms with Gasteiger partial charge in [-0.3, -0.25) is 5.43 Å². The zero-order valence-corrected chi connectivity index (χ0v) is 20.4. The SMILES string of the molecule is O=S(=O)(c1cccc(-c2csc(NN=Cc3cccc4ccccc34)n2)c1)N1CCCCCC1. The summed E-state index contributed by atoms with van der Waals surface area (Å²) in [5.74, 6) is 0. The van der Waals surface area contributed by atoms with Crippen LogP contribution in [0.15, 0.2) is 82.1 Å². The Hall–Kier alpha value is -3.07. The van der Waals surface area contributed by atoms with E-state index >= 15 is 0 Å². The van der Waals surface area contributed by atoms with Crippen LogP contribution in [0, 0.1) is 0 Å². The van der Waals surface area contributed by atoms with Crippen molar-refractivity contribution in [1.82, 2.24) is 9.29 Å². The van der Waals surface area contributed by atoms with Gasteiger partial charge in [0, 0.05) is 29.6 Å². The Morgan fingerprint density at radius 3 is 2.56 bits per heavy atom. The minimum Gasteiger partial charge on any atom is -0.253 e. The van der Waals surface area contributed by atoms with Crippen LogP contribution in [0.4, 0.5) is 5.13 Å². The highest BCUT2D eigenvalue weighted by Crippen LogP contribution is 2.28. The van der Waals surface area contributed by atoms with Crippen molar-refractivity contribution in [2.75, 3.05) is 18.5 Å². The van der Waals surface area contributed by atoms with Crippen molar-refractivity contribution in [1.29, 1.82) is 0 Å². The van der Waals surface area contributed by atoms with Crippen LogP contribution in [0.3, 0.4) is 0 Å². The van der Waals surface area contributed by atoms with Crippen LogP contribution in [-0.2, 0) is 10.0 Å². The predicted octanol–water partition coefficient (Wildman–Crippen LogP) is 5.97. The van der Waals surface area contributed by atoms with Gasteiger partial charge < -0.3 is 0 Å². The third kappa shape index (κ3) is 4.89. The van der Waals surface area contributed by atoms with Gasteiger partial charge in [-0.1, -0.05) is 67.4 Å². The molecule has 0 atom stereocenters. The fourth-order valence-corrected chi connectivity index (χ4v) is 6.46. The van der Waals surface area contributed by atoms with Gasteiger partial charge in [-0.25, -0.2) is 13.4 Å². The Balaban J connectivity index is 1.32. The molecule has 0 bridgehead atoms. The summed E-state index contributed by atoms with van der Waals surface area (Å²) < 4.78 is 28.0. The summed E-state index contributed by atoms with van der Waals surface area (Å²) in [6.07, 6.45) is 5.80. The standard InChI is InChI=1S/C26H26N4O2S2/c31-34(32,30-15-5-1-2-6-16-30)23-13-8-11-21(17-23)25-19-33-26(28-25)29-27-18-22-12-7-10-20-9-3-4-14-24(20)22/h3-4,7-14,17-19H,1-2,5-6,15-16H2,(H,28,29). The fourth-order valence-electron chi connectivity index (χ4n) is 4.22. The van der Waals surface area contributed by atoms with Crippen molar-refractivity contribution in [2.45, 2.75) is 30.6 Å². The van der Waals surface area contributed by atoms with Crippen molar-refractivity contribution in [3.8, 4) is 11.3 Å². The number of rotatable bonds is 6. The molecule has 1 N–H and O–H groups in total. The van der Waals surface area contributed by atoms with E-state index in [0.717, 1.165) is 53.3 Å². The van der Waals surface area contributed by atoms with Crippen LogP contribution in [0.1, 0.15) is 31.2 Å². The zero-order valence-electron chi connectivity index (χ0n) is 18.7. The van der Waals surface area contributed by atoms with Crippen LogP contribution < -0.4 is 5.43 Å². The van der Waals surface area contributed by atoms with E-state index < -0.39 is 10.0 Å². The summed E-state index contributed by atoms with van der Waals surface area (Å²) in [4.78, 5) is 4.93. The maximum Gasteiger partial charge on any atom is 0.243 e. The largest absolute Gasteiger partial charge is 0.253 e. The van der Waals surface area contributed by atoms with E-state index in [1.165, 1.54) is 11.3 Å². The Bertz CT molecular complexity index is 1420. The lowest BCUT2D eigenvalue weighted by atomic mass is 10.1. The van der Waals surface area contributed by atoms with Crippen LogP contribution in [0.25, 0.3) is 22.0 Å². The number of sulfonamides is 1. The molecule has 1 aliphatic rings. The minimum absolute atomic E-state index is 0.323. The van der Waals surface area contributed by atoms with E-state index in [0.29, 0.717) is 23.1 Å². The van der Waals surface area contributed by atoms with Crippen molar-refractivity contribution in [3.05, 3.63) is 77.7 Å². The molecule has 1 aromatic heterocycles. The molecule has 1 saturated heterocycles. The number of thiazole rings is 1. The number of benzene rings is 3. The van der Waals surface area contributed by atoms with E-state index in [2.05, 4.69) is 33.7 Å². The van der Waals surface area contributed by atoms with E-state index in [9.17, 15) is 8.42 Å². The van der Waals surface area contributed by atoms with Crippen molar-refractivity contribution in [3.63, 3.8) is 0 Å². The summed E-state index contributed by atoms with van der Waals surface area (Å²) in [5.41, 5.74) is 5.52. The van der Waals surface area contributed by atoms with Gasteiger partial charge in [0.15, 0.2) is 0 Å². The first-order valence-corrected chi connectivity index (χ1v) is 13.8. The molecule has 0 aliphatic carbocycles. The molecule has 6 nitrogen and oxygen atoms in total. The van der Waals surface area contributed by atoms with Gasteiger partial charge in [0.25, 0.3) is 0 Å².